The Balaban J connectivity index is 1.76. The van der Waals surface area contributed by atoms with Gasteiger partial charge in [0.2, 0.25) is 0 Å². The summed E-state index contributed by atoms with van der Waals surface area (Å²) < 4.78 is 5.58. The van der Waals surface area contributed by atoms with E-state index in [1.807, 2.05) is 30.3 Å². The largest absolute Gasteiger partial charge is 0.376 e. The van der Waals surface area contributed by atoms with Crippen molar-refractivity contribution < 1.29 is 19.1 Å². The van der Waals surface area contributed by atoms with E-state index in [4.69, 9.17) is 4.74 Å². The van der Waals surface area contributed by atoms with E-state index in [0.717, 1.165) is 34.6 Å². The number of ether oxygens (including phenoxy) is 1. The Morgan fingerprint density at radius 1 is 1.13 bits per heavy atom. The van der Waals surface area contributed by atoms with Gasteiger partial charge < -0.3 is 4.74 Å². The second-order valence-corrected chi connectivity index (χ2v) is 5.95. The van der Waals surface area contributed by atoms with Crippen LogP contribution in [-0.4, -0.2) is 46.9 Å². The average Bonchev–Trinajstić information content (AvgIpc) is 2.80. The van der Waals surface area contributed by atoms with Crippen LogP contribution >= 0.6 is 0 Å². The lowest BCUT2D eigenvalue weighted by atomic mass is 10.1. The van der Waals surface area contributed by atoms with Crippen molar-refractivity contribution in [1.29, 1.82) is 0 Å². The van der Waals surface area contributed by atoms with Crippen LogP contribution in [0.5, 0.6) is 0 Å². The predicted octanol–water partition coefficient (Wildman–Crippen LogP) is 2.11. The van der Waals surface area contributed by atoms with Crippen LogP contribution in [0.2, 0.25) is 0 Å². The first-order valence-corrected chi connectivity index (χ1v) is 7.95. The van der Waals surface area contributed by atoms with Crippen molar-refractivity contribution in [3.05, 3.63) is 35.9 Å². The fourth-order valence-electron chi connectivity index (χ4n) is 3.06. The lowest BCUT2D eigenvalue weighted by Gasteiger charge is -2.26. The molecule has 0 radical (unpaired) electrons. The van der Waals surface area contributed by atoms with Crippen LogP contribution in [0.4, 0.5) is 4.79 Å². The quantitative estimate of drug-likeness (QED) is 0.630. The molecule has 2 saturated heterocycles. The summed E-state index contributed by atoms with van der Waals surface area (Å²) in [6.45, 7) is 2.54. The molecule has 23 heavy (non-hydrogen) atoms. The van der Waals surface area contributed by atoms with Crippen LogP contribution in [0.1, 0.15) is 37.8 Å². The molecule has 0 N–H and O–H groups in total. The summed E-state index contributed by atoms with van der Waals surface area (Å²) in [6.07, 6.45) is 2.64. The summed E-state index contributed by atoms with van der Waals surface area (Å²) in [5, 5.41) is 0. The number of urea groups is 1. The molecule has 2 aliphatic rings. The van der Waals surface area contributed by atoms with Gasteiger partial charge in [-0.1, -0.05) is 30.3 Å². The van der Waals surface area contributed by atoms with E-state index in [9.17, 15) is 14.4 Å². The van der Waals surface area contributed by atoms with E-state index >= 15 is 0 Å². The van der Waals surface area contributed by atoms with Crippen LogP contribution in [0.3, 0.4) is 0 Å². The average molecular weight is 316 g/mol. The maximum atomic E-state index is 12.6. The number of carbonyl (C=O) groups excluding carboxylic acids is 3. The number of amides is 4. The molecule has 6 nitrogen and oxygen atoms in total. The van der Waals surface area contributed by atoms with Crippen molar-refractivity contribution >= 4 is 17.8 Å². The molecule has 0 saturated carbocycles. The molecule has 0 bridgehead atoms. The Kier molecular flexibility index (Phi) is 4.43. The molecule has 1 aromatic carbocycles. The second-order valence-electron chi connectivity index (χ2n) is 5.95. The molecule has 2 atom stereocenters. The Morgan fingerprint density at radius 2 is 1.87 bits per heavy atom. The van der Waals surface area contributed by atoms with Gasteiger partial charge in [0.15, 0.2) is 0 Å². The molecular formula is C17H20N2O4. The van der Waals surface area contributed by atoms with Crippen LogP contribution in [0, 0.1) is 0 Å². The van der Waals surface area contributed by atoms with Gasteiger partial charge in [0.05, 0.1) is 18.7 Å². The number of hydrogen-bond donors (Lipinski definition) is 0. The van der Waals surface area contributed by atoms with Crippen molar-refractivity contribution in [3.8, 4) is 0 Å². The van der Waals surface area contributed by atoms with Crippen LogP contribution in [0.25, 0.3) is 0 Å². The molecular weight excluding hydrogens is 296 g/mol. The predicted molar refractivity (Wildman–Crippen MR) is 82.4 cm³/mol. The standard InChI is InChI=1S/C17H20N2O4/c1-12(13-7-3-2-4-8-13)19-16(21)15(20)18(17(19)22)11-14-9-5-6-10-23-14/h2-4,7-8,12,14H,5-6,9-11H2,1H3/t12-,14+/m0/s1. The zero-order chi connectivity index (χ0) is 16.4. The molecule has 6 heteroatoms. The molecule has 0 aliphatic carbocycles. The lowest BCUT2D eigenvalue weighted by Crippen LogP contribution is -2.41. The Hall–Kier alpha value is -2.21. The number of benzene rings is 1. The number of carbonyl (C=O) groups is 3. The zero-order valence-electron chi connectivity index (χ0n) is 13.1. The Morgan fingerprint density at radius 3 is 2.52 bits per heavy atom. The fraction of sp³-hybridized carbons (Fsp3) is 0.471. The molecule has 4 amide bonds. The summed E-state index contributed by atoms with van der Waals surface area (Å²) >= 11 is 0. The van der Waals surface area contributed by atoms with Gasteiger partial charge in [-0.2, -0.15) is 0 Å². The number of nitrogens with zero attached hydrogens (tertiary/aromatic N) is 2. The van der Waals surface area contributed by atoms with Crippen LogP contribution < -0.4 is 0 Å². The molecule has 3 rings (SSSR count). The highest BCUT2D eigenvalue weighted by Gasteiger charge is 2.47. The van der Waals surface area contributed by atoms with Crippen molar-refractivity contribution in [3.63, 3.8) is 0 Å². The van der Waals surface area contributed by atoms with Crippen molar-refractivity contribution in [1.82, 2.24) is 9.80 Å². The Labute approximate surface area is 135 Å². The summed E-state index contributed by atoms with van der Waals surface area (Å²) in [7, 11) is 0. The third kappa shape index (κ3) is 2.99. The van der Waals surface area contributed by atoms with Gasteiger partial charge in [0.1, 0.15) is 0 Å². The number of rotatable bonds is 4. The SMILES string of the molecule is C[C@@H](c1ccccc1)N1C(=O)C(=O)N(C[C@H]2CCCCO2)C1=O. The third-order valence-electron chi connectivity index (χ3n) is 4.41. The first-order chi connectivity index (χ1) is 11.1. The third-order valence-corrected chi connectivity index (χ3v) is 4.41. The molecule has 0 unspecified atom stereocenters. The first-order valence-electron chi connectivity index (χ1n) is 7.95. The van der Waals surface area contributed by atoms with Gasteiger partial charge in [-0.3, -0.25) is 14.5 Å². The minimum absolute atomic E-state index is 0.154. The van der Waals surface area contributed by atoms with Crippen molar-refractivity contribution in [2.75, 3.05) is 13.2 Å². The summed E-state index contributed by atoms with van der Waals surface area (Å²) in [6, 6.07) is 8.19. The molecule has 2 fully saturated rings. The molecule has 122 valence electrons. The molecule has 2 aliphatic heterocycles. The summed E-state index contributed by atoms with van der Waals surface area (Å²) in [5.74, 6) is -1.52. The van der Waals surface area contributed by atoms with E-state index in [2.05, 4.69) is 0 Å². The van der Waals surface area contributed by atoms with Gasteiger partial charge >= 0.3 is 17.8 Å². The van der Waals surface area contributed by atoms with Crippen LogP contribution in [-0.2, 0) is 14.3 Å². The lowest BCUT2D eigenvalue weighted by molar-refractivity contribution is -0.144. The minimum Gasteiger partial charge on any atom is -0.376 e. The van der Waals surface area contributed by atoms with Gasteiger partial charge in [0, 0.05) is 6.61 Å². The van der Waals surface area contributed by atoms with Gasteiger partial charge in [-0.25, -0.2) is 9.69 Å². The van der Waals surface area contributed by atoms with E-state index < -0.39 is 23.9 Å². The maximum absolute atomic E-state index is 12.6. The Bertz CT molecular complexity index is 610. The first kappa shape index (κ1) is 15.7. The molecule has 2 heterocycles. The van der Waals surface area contributed by atoms with Crippen LogP contribution in [0.15, 0.2) is 30.3 Å². The number of hydrogen-bond acceptors (Lipinski definition) is 4. The molecule has 1 aromatic rings. The van der Waals surface area contributed by atoms with E-state index in [1.54, 1.807) is 6.92 Å². The highest BCUT2D eigenvalue weighted by molar-refractivity contribution is 6.44. The topological polar surface area (TPSA) is 66.9 Å². The summed E-state index contributed by atoms with van der Waals surface area (Å²) in [5.41, 5.74) is 0.817. The van der Waals surface area contributed by atoms with Gasteiger partial charge in [-0.15, -0.1) is 0 Å². The van der Waals surface area contributed by atoms with E-state index in [1.165, 1.54) is 0 Å². The fourth-order valence-corrected chi connectivity index (χ4v) is 3.06. The minimum atomic E-state index is -0.762. The number of imide groups is 2. The van der Waals surface area contributed by atoms with Gasteiger partial charge in [-0.05, 0) is 31.7 Å². The maximum Gasteiger partial charge on any atom is 0.334 e. The summed E-state index contributed by atoms with van der Waals surface area (Å²) in [4.78, 5) is 39.1. The van der Waals surface area contributed by atoms with E-state index in [0.29, 0.717) is 6.61 Å². The smallest absolute Gasteiger partial charge is 0.334 e. The van der Waals surface area contributed by atoms with Crippen molar-refractivity contribution in [2.45, 2.75) is 38.3 Å². The van der Waals surface area contributed by atoms with Gasteiger partial charge in [0.25, 0.3) is 0 Å². The highest BCUT2D eigenvalue weighted by atomic mass is 16.5. The second kappa shape index (κ2) is 6.50. The molecule has 0 aromatic heterocycles. The zero-order valence-corrected chi connectivity index (χ0v) is 13.1. The van der Waals surface area contributed by atoms with E-state index in [-0.39, 0.29) is 12.6 Å². The monoisotopic (exact) mass is 316 g/mol. The molecule has 0 spiro atoms. The highest BCUT2D eigenvalue weighted by Crippen LogP contribution is 2.27. The van der Waals surface area contributed by atoms with Crippen molar-refractivity contribution in [2.24, 2.45) is 0 Å². The normalized spacial score (nSPS) is 23.5.